The molecule has 0 amide bonds. The van der Waals surface area contributed by atoms with E-state index >= 15 is 0 Å². The van der Waals surface area contributed by atoms with Crippen molar-refractivity contribution in [3.8, 4) is 0 Å². The third kappa shape index (κ3) is 4.61. The van der Waals surface area contributed by atoms with E-state index in [4.69, 9.17) is 11.8 Å². The van der Waals surface area contributed by atoms with E-state index in [1.165, 1.54) is 6.07 Å². The molecule has 0 spiro atoms. The highest BCUT2D eigenvalue weighted by molar-refractivity contribution is 7.99. The second-order valence-corrected chi connectivity index (χ2v) is 7.90. The van der Waals surface area contributed by atoms with Crippen LogP contribution in [0.5, 0.6) is 0 Å². The first-order valence-corrected chi connectivity index (χ1v) is 10.5. The lowest BCUT2D eigenvalue weighted by molar-refractivity contribution is 0.507. The Kier molecular flexibility index (Phi) is 6.85. The van der Waals surface area contributed by atoms with E-state index in [1.54, 1.807) is 17.8 Å². The Morgan fingerprint density at radius 2 is 2.04 bits per heavy atom. The van der Waals surface area contributed by atoms with Crippen molar-refractivity contribution in [2.45, 2.75) is 50.9 Å². The number of hydrogen-bond acceptors (Lipinski definition) is 5. The minimum absolute atomic E-state index is 0.200. The first-order valence-electron chi connectivity index (χ1n) is 9.12. The molecular weight excluding hydrogens is 404 g/mol. The van der Waals surface area contributed by atoms with Crippen LogP contribution in [0, 0.1) is 18.6 Å². The van der Waals surface area contributed by atoms with Gasteiger partial charge in [-0.15, -0.1) is 0 Å². The molecular formula is C19H22ClF2N5S. The molecule has 1 aliphatic carbocycles. The lowest BCUT2D eigenvalue weighted by Gasteiger charge is -2.02. The number of halogens is 3. The standard InChI is InChI=1S/C10H14N4S.C9H8ClF2N/c1-4-14-9-8(6-11-14)7(3)12-10(13-9)15-5-2;10-13-9-4-6(9)5-1-2-7(11)8(12)3-5/h6H,4-5H2,1-3H3;1-3,6,9,13H,4H2/t;6-,9?/m.0/s1. The maximum absolute atomic E-state index is 12.8. The molecule has 4 rings (SSSR count). The predicted molar refractivity (Wildman–Crippen MR) is 109 cm³/mol. The number of nitrogens with zero attached hydrogens (tertiary/aromatic N) is 4. The molecule has 9 heteroatoms. The minimum atomic E-state index is -0.806. The zero-order valence-corrected chi connectivity index (χ0v) is 17.5. The fraction of sp³-hybridized carbons (Fsp3) is 0.421. The maximum atomic E-state index is 12.8. The number of nitrogens with one attached hydrogen (secondary N) is 1. The molecule has 5 nitrogen and oxygen atoms in total. The Hall–Kier alpha value is -1.77. The fourth-order valence-electron chi connectivity index (χ4n) is 2.92. The molecule has 0 radical (unpaired) electrons. The van der Waals surface area contributed by atoms with Crippen molar-refractivity contribution < 1.29 is 8.78 Å². The molecule has 1 fully saturated rings. The monoisotopic (exact) mass is 425 g/mol. The van der Waals surface area contributed by atoms with Crippen LogP contribution in [-0.4, -0.2) is 31.5 Å². The Bertz CT molecular complexity index is 965. The van der Waals surface area contributed by atoms with Gasteiger partial charge in [-0.2, -0.15) is 5.10 Å². The summed E-state index contributed by atoms with van der Waals surface area (Å²) in [4.78, 5) is 11.5. The quantitative estimate of drug-likeness (QED) is 0.360. The number of aryl methyl sites for hydroxylation is 2. The van der Waals surface area contributed by atoms with Crippen LogP contribution in [-0.2, 0) is 6.54 Å². The summed E-state index contributed by atoms with van der Waals surface area (Å²) in [6.45, 7) is 7.02. The summed E-state index contributed by atoms with van der Waals surface area (Å²) in [7, 11) is 0. The van der Waals surface area contributed by atoms with E-state index in [0.717, 1.165) is 52.2 Å². The van der Waals surface area contributed by atoms with Crippen molar-refractivity contribution in [3.63, 3.8) is 0 Å². The summed E-state index contributed by atoms with van der Waals surface area (Å²) in [6, 6.07) is 4.17. The molecule has 0 bridgehead atoms. The van der Waals surface area contributed by atoms with Crippen LogP contribution in [0.15, 0.2) is 29.6 Å². The van der Waals surface area contributed by atoms with Crippen molar-refractivity contribution >= 4 is 34.6 Å². The van der Waals surface area contributed by atoms with E-state index in [2.05, 4.69) is 33.7 Å². The lowest BCUT2D eigenvalue weighted by atomic mass is 10.1. The molecule has 150 valence electrons. The molecule has 3 aromatic rings. The number of benzene rings is 1. The molecule has 28 heavy (non-hydrogen) atoms. The van der Waals surface area contributed by atoms with Crippen LogP contribution >= 0.6 is 23.5 Å². The molecule has 1 saturated carbocycles. The van der Waals surface area contributed by atoms with Crippen LogP contribution < -0.4 is 4.84 Å². The van der Waals surface area contributed by atoms with E-state index < -0.39 is 11.6 Å². The smallest absolute Gasteiger partial charge is 0.189 e. The number of thioether (sulfide) groups is 1. The molecule has 2 heterocycles. The fourth-order valence-corrected chi connectivity index (χ4v) is 3.78. The van der Waals surface area contributed by atoms with Gasteiger partial charge in [-0.3, -0.25) is 0 Å². The number of hydrogen-bond donors (Lipinski definition) is 1. The van der Waals surface area contributed by atoms with Gasteiger partial charge < -0.3 is 0 Å². The number of fused-ring (bicyclic) bond motifs is 1. The van der Waals surface area contributed by atoms with Crippen LogP contribution in [0.4, 0.5) is 8.78 Å². The summed E-state index contributed by atoms with van der Waals surface area (Å²) in [5, 5.41) is 6.18. The molecule has 1 unspecified atom stereocenters. The van der Waals surface area contributed by atoms with Gasteiger partial charge in [0.15, 0.2) is 22.4 Å². The Morgan fingerprint density at radius 1 is 1.25 bits per heavy atom. The Balaban J connectivity index is 0.000000162. The lowest BCUT2D eigenvalue weighted by Crippen LogP contribution is -2.03. The van der Waals surface area contributed by atoms with Gasteiger partial charge in [0.05, 0.1) is 17.3 Å². The van der Waals surface area contributed by atoms with Gasteiger partial charge in [-0.1, -0.05) is 24.8 Å². The molecule has 2 aromatic heterocycles. The van der Waals surface area contributed by atoms with Gasteiger partial charge >= 0.3 is 0 Å². The summed E-state index contributed by atoms with van der Waals surface area (Å²) in [5.74, 6) is -0.379. The summed E-state index contributed by atoms with van der Waals surface area (Å²) >= 11 is 7.06. The molecule has 2 atom stereocenters. The Labute approximate surface area is 172 Å². The van der Waals surface area contributed by atoms with Gasteiger partial charge in [0.2, 0.25) is 0 Å². The van der Waals surface area contributed by atoms with Gasteiger partial charge in [-0.25, -0.2) is 28.3 Å². The molecule has 1 aromatic carbocycles. The summed E-state index contributed by atoms with van der Waals surface area (Å²) in [5.41, 5.74) is 2.76. The SMILES string of the molecule is CCSc1nc(C)c2cnn(CC)c2n1.Fc1ccc([C@@H]2CC2NCl)cc1F. The molecule has 1 N–H and O–H groups in total. The normalized spacial score (nSPS) is 18.1. The topological polar surface area (TPSA) is 55.6 Å². The zero-order chi connectivity index (χ0) is 20.3. The number of aromatic nitrogens is 4. The van der Waals surface area contributed by atoms with E-state index in [0.29, 0.717) is 0 Å². The van der Waals surface area contributed by atoms with Crippen LogP contribution in [0.3, 0.4) is 0 Å². The Morgan fingerprint density at radius 3 is 2.64 bits per heavy atom. The zero-order valence-electron chi connectivity index (χ0n) is 15.9. The van der Waals surface area contributed by atoms with Crippen molar-refractivity contribution in [3.05, 3.63) is 47.3 Å². The molecule has 0 aliphatic heterocycles. The third-order valence-corrected chi connectivity index (χ3v) is 5.55. The summed E-state index contributed by atoms with van der Waals surface area (Å²) in [6.07, 6.45) is 2.73. The van der Waals surface area contributed by atoms with Crippen molar-refractivity contribution in [2.24, 2.45) is 0 Å². The largest absolute Gasteiger partial charge is 0.247 e. The third-order valence-electron chi connectivity index (χ3n) is 4.54. The molecule has 0 saturated heterocycles. The first kappa shape index (κ1) is 21.0. The average Bonchev–Trinajstić information content (AvgIpc) is 3.36. The van der Waals surface area contributed by atoms with Gasteiger partial charge in [0.1, 0.15) is 0 Å². The number of rotatable bonds is 5. The van der Waals surface area contributed by atoms with Crippen LogP contribution in [0.2, 0.25) is 0 Å². The van der Waals surface area contributed by atoms with E-state index in [9.17, 15) is 8.78 Å². The van der Waals surface area contributed by atoms with E-state index in [-0.39, 0.29) is 12.0 Å². The maximum Gasteiger partial charge on any atom is 0.189 e. The van der Waals surface area contributed by atoms with Crippen molar-refractivity contribution in [1.82, 2.24) is 24.6 Å². The summed E-state index contributed by atoms with van der Waals surface area (Å²) < 4.78 is 27.2. The second kappa shape index (κ2) is 9.15. The van der Waals surface area contributed by atoms with Crippen LogP contribution in [0.1, 0.15) is 37.4 Å². The predicted octanol–water partition coefficient (Wildman–Crippen LogP) is 4.83. The van der Waals surface area contributed by atoms with Gasteiger partial charge in [0.25, 0.3) is 0 Å². The minimum Gasteiger partial charge on any atom is -0.247 e. The average molecular weight is 426 g/mol. The van der Waals surface area contributed by atoms with Gasteiger partial charge in [0, 0.05) is 18.5 Å². The van der Waals surface area contributed by atoms with Crippen molar-refractivity contribution in [1.29, 1.82) is 0 Å². The van der Waals surface area contributed by atoms with Crippen molar-refractivity contribution in [2.75, 3.05) is 5.75 Å². The van der Waals surface area contributed by atoms with Gasteiger partial charge in [-0.05, 0) is 55.5 Å². The highest BCUT2D eigenvalue weighted by Crippen LogP contribution is 2.41. The molecule has 1 aliphatic rings. The second-order valence-electron chi connectivity index (χ2n) is 6.45. The highest BCUT2D eigenvalue weighted by atomic mass is 35.5. The van der Waals surface area contributed by atoms with Crippen LogP contribution in [0.25, 0.3) is 11.0 Å². The highest BCUT2D eigenvalue weighted by Gasteiger charge is 2.38. The van der Waals surface area contributed by atoms with E-state index in [1.807, 2.05) is 17.8 Å². The first-order chi connectivity index (χ1) is 13.5.